The van der Waals surface area contributed by atoms with Crippen LogP contribution in [0.5, 0.6) is 0 Å². The summed E-state index contributed by atoms with van der Waals surface area (Å²) in [4.78, 5) is 39.1. The monoisotopic (exact) mass is 449 g/mol. The van der Waals surface area contributed by atoms with Crippen LogP contribution >= 0.6 is 11.6 Å². The van der Waals surface area contributed by atoms with E-state index < -0.39 is 11.9 Å². The predicted molar refractivity (Wildman–Crippen MR) is 123 cm³/mol. The molecule has 0 spiro atoms. The number of nitrogens with one attached hydrogen (secondary N) is 1. The van der Waals surface area contributed by atoms with Gasteiger partial charge in [0.05, 0.1) is 5.57 Å². The van der Waals surface area contributed by atoms with Crippen molar-refractivity contribution < 1.29 is 9.59 Å². The van der Waals surface area contributed by atoms with Crippen LogP contribution in [-0.4, -0.2) is 58.6 Å². The SMILES string of the molecule is CCN=CC(=CN)C(=O)N[C@@H](C)C(=O)N1CCC(CCc2c(C)nc(Cl)nc2N)CC1. The molecule has 0 radical (unpaired) electrons. The van der Waals surface area contributed by atoms with E-state index in [1.165, 1.54) is 12.4 Å². The zero-order valence-corrected chi connectivity index (χ0v) is 19.2. The van der Waals surface area contributed by atoms with Gasteiger partial charge in [-0.05, 0) is 64.0 Å². The van der Waals surface area contributed by atoms with Crippen molar-refractivity contribution in [2.75, 3.05) is 25.4 Å². The Morgan fingerprint density at radius 2 is 2.03 bits per heavy atom. The molecule has 9 nitrogen and oxygen atoms in total. The third-order valence-electron chi connectivity index (χ3n) is 5.52. The molecule has 0 saturated carbocycles. The molecule has 0 bridgehead atoms. The van der Waals surface area contributed by atoms with Gasteiger partial charge in [-0.3, -0.25) is 14.6 Å². The van der Waals surface area contributed by atoms with Crippen molar-refractivity contribution in [2.24, 2.45) is 16.6 Å². The molecule has 1 aliphatic rings. The average molecular weight is 450 g/mol. The van der Waals surface area contributed by atoms with Crippen LogP contribution in [-0.2, 0) is 16.0 Å². The van der Waals surface area contributed by atoms with E-state index in [-0.39, 0.29) is 16.8 Å². The lowest BCUT2D eigenvalue weighted by Gasteiger charge is -2.34. The van der Waals surface area contributed by atoms with E-state index in [1.54, 1.807) is 11.8 Å². The highest BCUT2D eigenvalue weighted by Gasteiger charge is 2.27. The zero-order chi connectivity index (χ0) is 23.0. The number of nitrogen functional groups attached to an aromatic ring is 1. The Labute approximate surface area is 188 Å². The number of carbonyl (C=O) groups excluding carboxylic acids is 2. The van der Waals surface area contributed by atoms with E-state index in [0.29, 0.717) is 31.4 Å². The lowest BCUT2D eigenvalue weighted by Crippen LogP contribution is -2.49. The van der Waals surface area contributed by atoms with Crippen LogP contribution in [0.15, 0.2) is 16.8 Å². The summed E-state index contributed by atoms with van der Waals surface area (Å²) in [6, 6.07) is -0.636. The van der Waals surface area contributed by atoms with Crippen LogP contribution in [0, 0.1) is 12.8 Å². The van der Waals surface area contributed by atoms with Crippen LogP contribution in [0.3, 0.4) is 0 Å². The maximum absolute atomic E-state index is 12.7. The molecular weight excluding hydrogens is 418 g/mol. The molecule has 1 aliphatic heterocycles. The smallest absolute Gasteiger partial charge is 0.254 e. The summed E-state index contributed by atoms with van der Waals surface area (Å²) < 4.78 is 0. The Morgan fingerprint density at radius 3 is 2.61 bits per heavy atom. The Bertz CT molecular complexity index is 825. The normalized spacial score (nSPS) is 16.5. The summed E-state index contributed by atoms with van der Waals surface area (Å²) in [5.74, 6) is 0.417. The van der Waals surface area contributed by atoms with E-state index >= 15 is 0 Å². The minimum Gasteiger partial charge on any atom is -0.404 e. The highest BCUT2D eigenvalue weighted by Crippen LogP contribution is 2.25. The summed E-state index contributed by atoms with van der Waals surface area (Å²) >= 11 is 5.84. The number of aromatic nitrogens is 2. The molecule has 10 heteroatoms. The van der Waals surface area contributed by atoms with E-state index in [0.717, 1.165) is 36.9 Å². The molecule has 2 amide bonds. The van der Waals surface area contributed by atoms with Gasteiger partial charge in [-0.2, -0.15) is 0 Å². The molecule has 1 atom stereocenters. The first-order chi connectivity index (χ1) is 14.8. The summed E-state index contributed by atoms with van der Waals surface area (Å²) in [6.45, 7) is 7.29. The van der Waals surface area contributed by atoms with Crippen molar-refractivity contribution >= 4 is 35.4 Å². The Balaban J connectivity index is 1.83. The third-order valence-corrected chi connectivity index (χ3v) is 5.69. The third kappa shape index (κ3) is 6.92. The van der Waals surface area contributed by atoms with E-state index in [4.69, 9.17) is 23.1 Å². The number of hydrogen-bond acceptors (Lipinski definition) is 7. The van der Waals surface area contributed by atoms with Gasteiger partial charge < -0.3 is 21.7 Å². The van der Waals surface area contributed by atoms with Gasteiger partial charge in [0.2, 0.25) is 11.2 Å². The Kier molecular flexibility index (Phi) is 9.23. The lowest BCUT2D eigenvalue weighted by molar-refractivity contribution is -0.136. The number of nitrogens with zero attached hydrogens (tertiary/aromatic N) is 4. The fraction of sp³-hybridized carbons (Fsp3) is 0.571. The van der Waals surface area contributed by atoms with Gasteiger partial charge in [-0.15, -0.1) is 0 Å². The Morgan fingerprint density at radius 1 is 1.35 bits per heavy atom. The first kappa shape index (κ1) is 24.6. The molecule has 1 fully saturated rings. The first-order valence-electron chi connectivity index (χ1n) is 10.6. The molecule has 5 N–H and O–H groups in total. The largest absolute Gasteiger partial charge is 0.404 e. The molecule has 2 heterocycles. The second-order valence-electron chi connectivity index (χ2n) is 7.69. The number of carbonyl (C=O) groups is 2. The highest BCUT2D eigenvalue weighted by atomic mass is 35.5. The average Bonchev–Trinajstić information content (AvgIpc) is 2.73. The topological polar surface area (TPSA) is 140 Å². The molecule has 0 aliphatic carbocycles. The van der Waals surface area contributed by atoms with Crippen molar-refractivity contribution in [3.05, 3.63) is 28.3 Å². The fourth-order valence-electron chi connectivity index (χ4n) is 3.67. The molecule has 1 saturated heterocycles. The van der Waals surface area contributed by atoms with Crippen LogP contribution < -0.4 is 16.8 Å². The Hall–Kier alpha value is -2.68. The number of nitrogens with two attached hydrogens (primary N) is 2. The van der Waals surface area contributed by atoms with Gasteiger partial charge in [0, 0.05) is 43.3 Å². The lowest BCUT2D eigenvalue weighted by atomic mass is 9.90. The van der Waals surface area contributed by atoms with Crippen molar-refractivity contribution in [1.82, 2.24) is 20.2 Å². The van der Waals surface area contributed by atoms with Crippen LogP contribution in [0.1, 0.15) is 44.4 Å². The van der Waals surface area contributed by atoms with Gasteiger partial charge in [-0.1, -0.05) is 0 Å². The number of halogens is 1. The summed E-state index contributed by atoms with van der Waals surface area (Å²) in [6.07, 6.45) is 6.14. The van der Waals surface area contributed by atoms with Gasteiger partial charge in [0.25, 0.3) is 5.91 Å². The van der Waals surface area contributed by atoms with Crippen LogP contribution in [0.4, 0.5) is 5.82 Å². The number of likely N-dealkylation sites (tertiary alicyclic amines) is 1. The molecule has 1 aromatic heterocycles. The number of hydrogen-bond donors (Lipinski definition) is 3. The predicted octanol–water partition coefficient (Wildman–Crippen LogP) is 1.63. The minimum absolute atomic E-state index is 0.0956. The molecule has 2 rings (SSSR count). The molecule has 31 heavy (non-hydrogen) atoms. The highest BCUT2D eigenvalue weighted by molar-refractivity contribution is 6.28. The molecule has 1 aromatic rings. The molecular formula is C21H32ClN7O2. The maximum Gasteiger partial charge on any atom is 0.254 e. The second kappa shape index (κ2) is 11.6. The van der Waals surface area contributed by atoms with Crippen molar-refractivity contribution in [2.45, 2.75) is 52.5 Å². The van der Waals surface area contributed by atoms with E-state index in [1.807, 2.05) is 13.8 Å². The number of rotatable bonds is 8. The zero-order valence-electron chi connectivity index (χ0n) is 18.4. The van der Waals surface area contributed by atoms with Crippen molar-refractivity contribution in [3.63, 3.8) is 0 Å². The number of anilines is 1. The van der Waals surface area contributed by atoms with Crippen molar-refractivity contribution in [1.29, 1.82) is 0 Å². The summed E-state index contributed by atoms with van der Waals surface area (Å²) in [5, 5.41) is 2.87. The van der Waals surface area contributed by atoms with Crippen molar-refractivity contribution in [3.8, 4) is 0 Å². The van der Waals surface area contributed by atoms with Crippen LogP contribution in [0.25, 0.3) is 0 Å². The standard InChI is InChI=1S/C21H32ClN7O2/c1-4-25-12-16(11-23)19(30)26-14(3)20(31)29-9-7-15(8-10-29)5-6-17-13(2)27-21(22)28-18(17)24/h11-12,14-15H,4-10,23H2,1-3H3,(H,26,30)(H2,24,27,28)/t14-/m0/s1. The molecule has 0 unspecified atom stereocenters. The quantitative estimate of drug-likeness (QED) is 0.313. The number of aryl methyl sites for hydroxylation is 1. The number of aliphatic imine (C=N–C) groups is 1. The van der Waals surface area contributed by atoms with E-state index in [2.05, 4.69) is 20.3 Å². The molecule has 170 valence electrons. The van der Waals surface area contributed by atoms with Gasteiger partial charge in [0.15, 0.2) is 0 Å². The fourth-order valence-corrected chi connectivity index (χ4v) is 3.88. The van der Waals surface area contributed by atoms with Crippen LogP contribution in [0.2, 0.25) is 5.28 Å². The first-order valence-corrected chi connectivity index (χ1v) is 10.9. The number of amides is 2. The minimum atomic E-state index is -0.636. The molecule has 0 aromatic carbocycles. The maximum atomic E-state index is 12.7. The van der Waals surface area contributed by atoms with Gasteiger partial charge in [-0.25, -0.2) is 9.97 Å². The summed E-state index contributed by atoms with van der Waals surface area (Å²) in [7, 11) is 0. The van der Waals surface area contributed by atoms with Gasteiger partial charge >= 0.3 is 0 Å². The second-order valence-corrected chi connectivity index (χ2v) is 8.03. The van der Waals surface area contributed by atoms with Gasteiger partial charge in [0.1, 0.15) is 11.9 Å². The summed E-state index contributed by atoms with van der Waals surface area (Å²) in [5.41, 5.74) is 13.5. The number of piperidine rings is 1. The van der Waals surface area contributed by atoms with E-state index in [9.17, 15) is 9.59 Å².